The summed E-state index contributed by atoms with van der Waals surface area (Å²) in [7, 11) is -2.33. The van der Waals surface area contributed by atoms with Crippen LogP contribution in [-0.2, 0) is 0 Å². The molecular formula is C13H28N2Si2. The molecule has 0 radical (unpaired) electrons. The van der Waals surface area contributed by atoms with Gasteiger partial charge in [0.1, 0.15) is 5.82 Å². The number of hydrogen-bond donors (Lipinski definition) is 0. The van der Waals surface area contributed by atoms with E-state index in [4.69, 9.17) is 0 Å². The van der Waals surface area contributed by atoms with E-state index in [1.807, 2.05) is 6.20 Å². The molecule has 0 saturated carbocycles. The first-order valence-electron chi connectivity index (χ1n) is 6.58. The van der Waals surface area contributed by atoms with Crippen molar-refractivity contribution in [3.8, 4) is 0 Å². The van der Waals surface area contributed by atoms with Crippen LogP contribution in [0.25, 0.3) is 0 Å². The van der Waals surface area contributed by atoms with Crippen LogP contribution in [0.1, 0.15) is 30.9 Å². The molecule has 4 heteroatoms. The molecule has 1 heterocycles. The lowest BCUT2D eigenvalue weighted by Crippen LogP contribution is -2.37. The van der Waals surface area contributed by atoms with Crippen LogP contribution >= 0.6 is 0 Å². The molecule has 2 atom stereocenters. The summed E-state index contributed by atoms with van der Waals surface area (Å²) in [5.41, 5.74) is 1.25. The van der Waals surface area contributed by atoms with Crippen molar-refractivity contribution in [3.05, 3.63) is 18.2 Å². The Balaban J connectivity index is 3.10. The lowest BCUT2D eigenvalue weighted by Gasteiger charge is -2.32. The van der Waals surface area contributed by atoms with Gasteiger partial charge in [0.2, 0.25) is 0 Å². The van der Waals surface area contributed by atoms with E-state index in [1.54, 1.807) is 0 Å². The van der Waals surface area contributed by atoms with Crippen LogP contribution in [0.2, 0.25) is 39.3 Å². The number of imidazole rings is 1. The molecule has 0 aliphatic heterocycles. The number of aromatic nitrogens is 2. The zero-order valence-electron chi connectivity index (χ0n) is 12.7. The van der Waals surface area contributed by atoms with Gasteiger partial charge in [-0.25, -0.2) is 4.98 Å². The third kappa shape index (κ3) is 3.31. The summed E-state index contributed by atoms with van der Waals surface area (Å²) in [6, 6.07) is 0. The average Bonchev–Trinajstić information content (AvgIpc) is 2.60. The summed E-state index contributed by atoms with van der Waals surface area (Å²) in [6.07, 6.45) is 4.15. The second-order valence-electron chi connectivity index (χ2n) is 7.32. The molecule has 0 bridgehead atoms. The van der Waals surface area contributed by atoms with Gasteiger partial charge in [-0.15, -0.1) is 0 Å². The van der Waals surface area contributed by atoms with Crippen molar-refractivity contribution in [1.82, 2.24) is 9.55 Å². The Bertz CT molecular complexity index is 337. The highest BCUT2D eigenvalue weighted by molar-refractivity contribution is 6.77. The topological polar surface area (TPSA) is 17.8 Å². The number of nitrogens with zero attached hydrogens (tertiary/aromatic N) is 2. The predicted octanol–water partition coefficient (Wildman–Crippen LogP) is 4.30. The van der Waals surface area contributed by atoms with Crippen LogP contribution in [0, 0.1) is 0 Å². The Morgan fingerprint density at radius 1 is 1.00 bits per heavy atom. The fourth-order valence-electron chi connectivity index (χ4n) is 1.79. The van der Waals surface area contributed by atoms with Gasteiger partial charge in [0.25, 0.3) is 0 Å². The standard InChI is InChI=1S/C13H28N2Si2/c1-11(16(3,4)5)13-14-9-10-15(13)12(2)17(6,7)8/h9-12H,1-8H3. The minimum Gasteiger partial charge on any atom is -0.335 e. The van der Waals surface area contributed by atoms with Crippen LogP contribution in [0.5, 0.6) is 0 Å². The van der Waals surface area contributed by atoms with Gasteiger partial charge in [0.05, 0.1) is 16.1 Å². The molecule has 0 aliphatic carbocycles. The minimum atomic E-state index is -1.17. The van der Waals surface area contributed by atoms with Crippen LogP contribution in [0.4, 0.5) is 0 Å². The van der Waals surface area contributed by atoms with E-state index in [9.17, 15) is 0 Å². The van der Waals surface area contributed by atoms with Crippen molar-refractivity contribution in [1.29, 1.82) is 0 Å². The molecule has 1 rings (SSSR count). The van der Waals surface area contributed by atoms with Gasteiger partial charge in [0.15, 0.2) is 0 Å². The Kier molecular flexibility index (Phi) is 4.09. The molecule has 98 valence electrons. The Morgan fingerprint density at radius 2 is 1.53 bits per heavy atom. The normalized spacial score (nSPS) is 16.9. The van der Waals surface area contributed by atoms with E-state index in [2.05, 4.69) is 68.9 Å². The second-order valence-corrected chi connectivity index (χ2v) is 18.5. The molecule has 0 fully saturated rings. The zero-order valence-corrected chi connectivity index (χ0v) is 14.7. The largest absolute Gasteiger partial charge is 0.335 e. The van der Waals surface area contributed by atoms with Crippen molar-refractivity contribution in [3.63, 3.8) is 0 Å². The maximum absolute atomic E-state index is 4.64. The van der Waals surface area contributed by atoms with Gasteiger partial charge < -0.3 is 4.57 Å². The van der Waals surface area contributed by atoms with Crippen molar-refractivity contribution >= 4 is 16.1 Å². The Morgan fingerprint density at radius 3 is 1.94 bits per heavy atom. The fraction of sp³-hybridized carbons (Fsp3) is 0.769. The summed E-state index contributed by atoms with van der Waals surface area (Å²) < 4.78 is 2.44. The SMILES string of the molecule is CC(c1nccn1C(C)[Si](C)(C)C)[Si](C)(C)C. The molecule has 0 aliphatic rings. The third-order valence-corrected chi connectivity index (χ3v) is 9.70. The molecule has 0 aromatic carbocycles. The summed E-state index contributed by atoms with van der Waals surface area (Å²) in [5.74, 6) is 1.30. The van der Waals surface area contributed by atoms with E-state index in [1.165, 1.54) is 5.82 Å². The zero-order chi connectivity index (χ0) is 13.4. The monoisotopic (exact) mass is 268 g/mol. The summed E-state index contributed by atoms with van der Waals surface area (Å²) in [5, 5.41) is 0. The Labute approximate surface area is 108 Å². The van der Waals surface area contributed by atoms with Crippen molar-refractivity contribution < 1.29 is 0 Å². The van der Waals surface area contributed by atoms with Gasteiger partial charge in [-0.3, -0.25) is 0 Å². The number of rotatable bonds is 4. The molecule has 0 saturated heterocycles. The molecule has 1 aromatic rings. The molecule has 17 heavy (non-hydrogen) atoms. The van der Waals surface area contributed by atoms with E-state index < -0.39 is 16.1 Å². The average molecular weight is 269 g/mol. The van der Waals surface area contributed by atoms with Gasteiger partial charge in [-0.1, -0.05) is 46.2 Å². The quantitative estimate of drug-likeness (QED) is 0.744. The second kappa shape index (κ2) is 4.73. The Hall–Kier alpha value is -0.356. The molecular weight excluding hydrogens is 240 g/mol. The lowest BCUT2D eigenvalue weighted by atomic mass is 10.4. The summed E-state index contributed by atoms with van der Waals surface area (Å²) in [6.45, 7) is 19.3. The van der Waals surface area contributed by atoms with Crippen molar-refractivity contribution in [2.45, 2.75) is 64.3 Å². The van der Waals surface area contributed by atoms with Crippen LogP contribution in [0.3, 0.4) is 0 Å². The highest BCUT2D eigenvalue weighted by Crippen LogP contribution is 2.29. The smallest absolute Gasteiger partial charge is 0.108 e. The van der Waals surface area contributed by atoms with E-state index >= 15 is 0 Å². The van der Waals surface area contributed by atoms with Crippen LogP contribution in [-0.4, -0.2) is 25.7 Å². The van der Waals surface area contributed by atoms with Crippen LogP contribution < -0.4 is 0 Å². The number of hydrogen-bond acceptors (Lipinski definition) is 1. The van der Waals surface area contributed by atoms with Crippen LogP contribution in [0.15, 0.2) is 12.4 Å². The van der Waals surface area contributed by atoms with Gasteiger partial charge in [-0.05, 0) is 6.92 Å². The molecule has 2 unspecified atom stereocenters. The summed E-state index contributed by atoms with van der Waals surface area (Å²) in [4.78, 5) is 4.64. The predicted molar refractivity (Wildman–Crippen MR) is 82.0 cm³/mol. The molecule has 2 nitrogen and oxygen atoms in total. The first kappa shape index (κ1) is 14.7. The highest BCUT2D eigenvalue weighted by atomic mass is 28.3. The fourth-order valence-corrected chi connectivity index (χ4v) is 3.84. The highest BCUT2D eigenvalue weighted by Gasteiger charge is 2.31. The molecule has 1 aromatic heterocycles. The van der Waals surface area contributed by atoms with Gasteiger partial charge in [-0.2, -0.15) is 0 Å². The minimum absolute atomic E-state index is 0.622. The van der Waals surface area contributed by atoms with Gasteiger partial charge >= 0.3 is 0 Å². The maximum atomic E-state index is 4.64. The third-order valence-electron chi connectivity index (χ3n) is 4.06. The van der Waals surface area contributed by atoms with Crippen molar-refractivity contribution in [2.75, 3.05) is 0 Å². The van der Waals surface area contributed by atoms with Crippen molar-refractivity contribution in [2.24, 2.45) is 0 Å². The molecule has 0 spiro atoms. The van der Waals surface area contributed by atoms with Gasteiger partial charge in [0, 0.05) is 23.6 Å². The first-order chi connectivity index (χ1) is 7.55. The summed E-state index contributed by atoms with van der Waals surface area (Å²) >= 11 is 0. The molecule has 0 N–H and O–H groups in total. The van der Waals surface area contributed by atoms with E-state index in [0.717, 1.165) is 0 Å². The van der Waals surface area contributed by atoms with E-state index in [0.29, 0.717) is 11.2 Å². The maximum Gasteiger partial charge on any atom is 0.108 e. The molecule has 0 amide bonds. The first-order valence-corrected chi connectivity index (χ1v) is 13.7. The van der Waals surface area contributed by atoms with E-state index in [-0.39, 0.29) is 0 Å². The lowest BCUT2D eigenvalue weighted by molar-refractivity contribution is 0.643.